The highest BCUT2D eigenvalue weighted by Crippen LogP contribution is 2.23. The number of aryl methyl sites for hydroxylation is 1. The summed E-state index contributed by atoms with van der Waals surface area (Å²) in [6, 6.07) is 2.10. The molecule has 0 heterocycles. The van der Waals surface area contributed by atoms with Crippen LogP contribution < -0.4 is 0 Å². The van der Waals surface area contributed by atoms with Crippen molar-refractivity contribution in [2.45, 2.75) is 26.3 Å². The second-order valence-electron chi connectivity index (χ2n) is 4.81. The molecule has 1 amide bonds. The summed E-state index contributed by atoms with van der Waals surface area (Å²) in [5.74, 6) is -0.495. The van der Waals surface area contributed by atoms with Gasteiger partial charge in [0.1, 0.15) is 5.82 Å². The largest absolute Gasteiger partial charge is 0.338 e. The molecule has 0 aliphatic rings. The van der Waals surface area contributed by atoms with Crippen LogP contribution in [0.15, 0.2) is 12.1 Å². The van der Waals surface area contributed by atoms with Gasteiger partial charge in [-0.05, 0) is 25.2 Å². The summed E-state index contributed by atoms with van der Waals surface area (Å²) in [6.45, 7) is 3.36. The van der Waals surface area contributed by atoms with Crippen molar-refractivity contribution < 1.29 is 14.1 Å². The number of halogens is 1. The molecule has 0 aliphatic carbocycles. The highest BCUT2D eigenvalue weighted by Gasteiger charge is 2.25. The van der Waals surface area contributed by atoms with Crippen LogP contribution >= 0.6 is 11.8 Å². The molecule has 0 aromatic heterocycles. The fraction of sp³-hybridized carbons (Fsp3) is 0.500. The Morgan fingerprint density at radius 1 is 1.52 bits per heavy atom. The van der Waals surface area contributed by atoms with E-state index < -0.39 is 16.6 Å². The number of nitro benzene ring substituents is 1. The van der Waals surface area contributed by atoms with E-state index in [4.69, 9.17) is 0 Å². The third-order valence-corrected chi connectivity index (χ3v) is 4.10. The van der Waals surface area contributed by atoms with E-state index in [0.29, 0.717) is 0 Å². The molecule has 0 radical (unpaired) electrons. The van der Waals surface area contributed by atoms with Crippen LogP contribution in [0.5, 0.6) is 0 Å². The number of benzene rings is 1. The molecule has 0 spiro atoms. The van der Waals surface area contributed by atoms with E-state index >= 15 is 0 Å². The van der Waals surface area contributed by atoms with E-state index in [1.54, 1.807) is 18.8 Å². The number of thioether (sulfide) groups is 1. The quantitative estimate of drug-likeness (QED) is 0.597. The van der Waals surface area contributed by atoms with Gasteiger partial charge < -0.3 is 4.90 Å². The maximum Gasteiger partial charge on any atom is 0.270 e. The predicted octanol–water partition coefficient (Wildman–Crippen LogP) is 3.26. The summed E-state index contributed by atoms with van der Waals surface area (Å²) in [4.78, 5) is 24.1. The normalized spacial score (nSPS) is 12.0. The number of rotatable bonds is 6. The molecule has 1 atom stereocenters. The van der Waals surface area contributed by atoms with Gasteiger partial charge in [-0.2, -0.15) is 11.8 Å². The van der Waals surface area contributed by atoms with Crippen molar-refractivity contribution in [1.29, 1.82) is 0 Å². The first-order chi connectivity index (χ1) is 9.83. The minimum atomic E-state index is -0.698. The van der Waals surface area contributed by atoms with Crippen molar-refractivity contribution >= 4 is 23.4 Å². The minimum absolute atomic E-state index is 0.0357. The summed E-state index contributed by atoms with van der Waals surface area (Å²) in [5, 5.41) is 10.9. The molecule has 0 saturated heterocycles. The minimum Gasteiger partial charge on any atom is -0.338 e. The van der Waals surface area contributed by atoms with Gasteiger partial charge in [0.05, 0.1) is 10.5 Å². The number of nitro groups is 1. The van der Waals surface area contributed by atoms with Crippen LogP contribution in [-0.2, 0) is 0 Å². The maximum absolute atomic E-state index is 14.1. The van der Waals surface area contributed by atoms with Crippen molar-refractivity contribution in [1.82, 2.24) is 4.90 Å². The number of hydrogen-bond acceptors (Lipinski definition) is 4. The molecule has 1 rings (SSSR count). The maximum atomic E-state index is 14.1. The van der Waals surface area contributed by atoms with Crippen molar-refractivity contribution in [3.63, 3.8) is 0 Å². The van der Waals surface area contributed by atoms with Gasteiger partial charge in [-0.15, -0.1) is 0 Å². The Kier molecular flexibility index (Phi) is 6.14. The van der Waals surface area contributed by atoms with Gasteiger partial charge in [-0.3, -0.25) is 14.9 Å². The van der Waals surface area contributed by atoms with Crippen LogP contribution in [0.2, 0.25) is 0 Å². The van der Waals surface area contributed by atoms with Crippen LogP contribution in [0.3, 0.4) is 0 Å². The van der Waals surface area contributed by atoms with Crippen LogP contribution in [0.25, 0.3) is 0 Å². The number of amides is 1. The summed E-state index contributed by atoms with van der Waals surface area (Å²) in [7, 11) is 1.60. The Hall–Kier alpha value is -1.63. The predicted molar refractivity (Wildman–Crippen MR) is 82.3 cm³/mol. The highest BCUT2D eigenvalue weighted by atomic mass is 32.2. The van der Waals surface area contributed by atoms with Gasteiger partial charge >= 0.3 is 0 Å². The Balaban J connectivity index is 3.19. The molecule has 0 saturated carbocycles. The van der Waals surface area contributed by atoms with E-state index in [1.807, 2.05) is 13.2 Å². The Labute approximate surface area is 127 Å². The summed E-state index contributed by atoms with van der Waals surface area (Å²) >= 11 is 1.59. The highest BCUT2D eigenvalue weighted by molar-refractivity contribution is 7.98. The molecular formula is C14H19FN2O3S. The van der Waals surface area contributed by atoms with Crippen molar-refractivity contribution in [3.05, 3.63) is 39.2 Å². The lowest BCUT2D eigenvalue weighted by molar-refractivity contribution is -0.385. The number of carbonyl (C=O) groups excluding carboxylic acids is 1. The fourth-order valence-corrected chi connectivity index (χ4v) is 2.91. The molecule has 7 heteroatoms. The second kappa shape index (κ2) is 7.40. The number of nitrogens with zero attached hydrogens (tertiary/aromatic N) is 2. The van der Waals surface area contributed by atoms with Gasteiger partial charge in [0, 0.05) is 31.0 Å². The molecule has 0 bridgehead atoms. The Morgan fingerprint density at radius 3 is 2.62 bits per heavy atom. The zero-order valence-corrected chi connectivity index (χ0v) is 13.4. The lowest BCUT2D eigenvalue weighted by Crippen LogP contribution is -2.38. The molecule has 21 heavy (non-hydrogen) atoms. The monoisotopic (exact) mass is 314 g/mol. The van der Waals surface area contributed by atoms with E-state index in [9.17, 15) is 19.3 Å². The number of non-ortho nitro benzene ring substituents is 1. The third kappa shape index (κ3) is 3.93. The fourth-order valence-electron chi connectivity index (χ4n) is 2.06. The van der Waals surface area contributed by atoms with Gasteiger partial charge in [0.15, 0.2) is 0 Å². The van der Waals surface area contributed by atoms with Crippen LogP contribution in [0.4, 0.5) is 10.1 Å². The van der Waals surface area contributed by atoms with Gasteiger partial charge in [-0.1, -0.05) is 6.92 Å². The molecular weight excluding hydrogens is 295 g/mol. The first-order valence-corrected chi connectivity index (χ1v) is 7.93. The molecule has 1 aromatic rings. The van der Waals surface area contributed by atoms with Gasteiger partial charge in [0.25, 0.3) is 11.6 Å². The Bertz CT molecular complexity index is 551. The van der Waals surface area contributed by atoms with Crippen LogP contribution in [0.1, 0.15) is 29.3 Å². The molecule has 5 nitrogen and oxygen atoms in total. The SMILES string of the molecule is CCC(CSC)N(C)C(=O)c1cc([N+](=O)[O-])cc(C)c1F. The molecule has 1 unspecified atom stereocenters. The molecule has 116 valence electrons. The summed E-state index contributed by atoms with van der Waals surface area (Å²) < 4.78 is 14.1. The van der Waals surface area contributed by atoms with Gasteiger partial charge in [-0.25, -0.2) is 4.39 Å². The van der Waals surface area contributed by atoms with E-state index in [-0.39, 0.29) is 22.9 Å². The van der Waals surface area contributed by atoms with E-state index in [2.05, 4.69) is 0 Å². The zero-order chi connectivity index (χ0) is 16.2. The lowest BCUT2D eigenvalue weighted by Gasteiger charge is -2.27. The zero-order valence-electron chi connectivity index (χ0n) is 12.6. The average molecular weight is 314 g/mol. The lowest BCUT2D eigenvalue weighted by atomic mass is 10.1. The standard InChI is InChI=1S/C14H19FN2O3S/c1-5-10(8-21-4)16(3)14(18)12-7-11(17(19)20)6-9(2)13(12)15/h6-7,10H,5,8H2,1-4H3. The first-order valence-electron chi connectivity index (χ1n) is 6.54. The topological polar surface area (TPSA) is 63.5 Å². The smallest absolute Gasteiger partial charge is 0.270 e. The molecule has 1 aromatic carbocycles. The van der Waals surface area contributed by atoms with Crippen LogP contribution in [0, 0.1) is 22.9 Å². The van der Waals surface area contributed by atoms with E-state index in [0.717, 1.165) is 24.3 Å². The number of carbonyl (C=O) groups is 1. The molecule has 0 aliphatic heterocycles. The van der Waals surface area contributed by atoms with E-state index in [1.165, 1.54) is 11.8 Å². The Morgan fingerprint density at radius 2 is 2.14 bits per heavy atom. The number of hydrogen-bond donors (Lipinski definition) is 0. The molecule has 0 fully saturated rings. The first kappa shape index (κ1) is 17.4. The van der Waals surface area contributed by atoms with Crippen molar-refractivity contribution in [3.8, 4) is 0 Å². The van der Waals surface area contributed by atoms with Crippen molar-refractivity contribution in [2.75, 3.05) is 19.1 Å². The second-order valence-corrected chi connectivity index (χ2v) is 5.73. The summed E-state index contributed by atoms with van der Waals surface area (Å²) in [5.41, 5.74) is -0.425. The van der Waals surface area contributed by atoms with Crippen molar-refractivity contribution in [2.24, 2.45) is 0 Å². The van der Waals surface area contributed by atoms with Crippen LogP contribution in [-0.4, -0.2) is 40.8 Å². The average Bonchev–Trinajstić information content (AvgIpc) is 2.45. The summed E-state index contributed by atoms with van der Waals surface area (Å²) in [6.07, 6.45) is 2.66. The molecule has 0 N–H and O–H groups in total. The third-order valence-electron chi connectivity index (χ3n) is 3.38. The van der Waals surface area contributed by atoms with Gasteiger partial charge in [0.2, 0.25) is 0 Å².